The molecule has 0 heterocycles. The van der Waals surface area contributed by atoms with E-state index < -0.39 is 18.1 Å². The van der Waals surface area contributed by atoms with Crippen molar-refractivity contribution in [1.29, 1.82) is 0 Å². The van der Waals surface area contributed by atoms with E-state index in [2.05, 4.69) is 62.5 Å². The second kappa shape index (κ2) is 44.4. The number of rotatable bonds is 44. The molecule has 0 fully saturated rings. The number of allylic oxidation sites excluding steroid dienone is 12. The molecule has 0 saturated carbocycles. The van der Waals surface area contributed by atoms with Crippen LogP contribution < -0.4 is 0 Å². The molecular weight excluding hydrogens is 775 g/mol. The Kier molecular flexibility index (Phi) is 42.1. The molecule has 1 N–H and O–H groups in total. The van der Waals surface area contributed by atoms with E-state index in [0.29, 0.717) is 19.3 Å². The quantitative estimate of drug-likeness (QED) is 0.0214. The average Bonchev–Trinajstić information content (AvgIpc) is 3.23. The molecule has 62 heavy (non-hydrogen) atoms. The highest BCUT2D eigenvalue weighted by Gasteiger charge is 2.31. The second-order valence-corrected chi connectivity index (χ2v) is 17.8. The van der Waals surface area contributed by atoms with Gasteiger partial charge in [0.25, 0.3) is 0 Å². The van der Waals surface area contributed by atoms with E-state index in [9.17, 15) is 19.5 Å². The first-order chi connectivity index (χ1) is 30.1. The molecule has 356 valence electrons. The minimum Gasteiger partial charge on any atom is -0.477 e. The lowest BCUT2D eigenvalue weighted by atomic mass is 10.1. The molecule has 0 rings (SSSR count). The summed E-state index contributed by atoms with van der Waals surface area (Å²) in [5.41, 5.74) is 0. The summed E-state index contributed by atoms with van der Waals surface area (Å²) in [5.74, 6) is -1.51. The molecule has 2 atom stereocenters. The Hall–Kier alpha value is -3.23. The number of hydrogen-bond acceptors (Lipinski definition) is 6. The van der Waals surface area contributed by atoms with Crippen LogP contribution in [0.4, 0.5) is 0 Å². The first kappa shape index (κ1) is 58.8. The van der Waals surface area contributed by atoms with Crippen molar-refractivity contribution in [2.24, 2.45) is 0 Å². The monoisotopic (exact) mass is 869 g/mol. The van der Waals surface area contributed by atoms with E-state index in [-0.39, 0.29) is 36.2 Å². The third kappa shape index (κ3) is 42.1. The highest BCUT2D eigenvalue weighted by molar-refractivity contribution is 5.72. The Morgan fingerprint density at radius 3 is 1.47 bits per heavy atom. The lowest BCUT2D eigenvalue weighted by Crippen LogP contribution is -2.50. The lowest BCUT2D eigenvalue weighted by molar-refractivity contribution is -0.887. The molecular formula is C54H94NO7+. The summed E-state index contributed by atoms with van der Waals surface area (Å²) in [6.07, 6.45) is 56.7. The molecule has 0 aromatic heterocycles. The first-order valence-corrected chi connectivity index (χ1v) is 25.0. The molecule has 8 nitrogen and oxygen atoms in total. The maximum atomic E-state index is 12.8. The van der Waals surface area contributed by atoms with Crippen molar-refractivity contribution in [2.75, 3.05) is 41.0 Å². The molecule has 0 aliphatic carbocycles. The van der Waals surface area contributed by atoms with Gasteiger partial charge in [0, 0.05) is 19.3 Å². The van der Waals surface area contributed by atoms with Crippen LogP contribution in [-0.4, -0.2) is 80.6 Å². The zero-order valence-electron chi connectivity index (χ0n) is 40.6. The fourth-order valence-electron chi connectivity index (χ4n) is 7.07. The summed E-state index contributed by atoms with van der Waals surface area (Å²) in [6, 6.07) is -0.624. The molecule has 0 aliphatic rings. The number of nitrogens with zero attached hydrogens (tertiary/aromatic N) is 1. The third-order valence-corrected chi connectivity index (χ3v) is 10.9. The van der Waals surface area contributed by atoms with Crippen molar-refractivity contribution in [2.45, 2.75) is 212 Å². The largest absolute Gasteiger partial charge is 0.477 e. The maximum absolute atomic E-state index is 12.8. The van der Waals surface area contributed by atoms with Gasteiger partial charge in [-0.2, -0.15) is 0 Å². The fraction of sp³-hybridized carbons (Fsp3) is 0.722. The van der Waals surface area contributed by atoms with E-state index in [1.54, 1.807) is 0 Å². The van der Waals surface area contributed by atoms with Crippen LogP contribution in [0.1, 0.15) is 200 Å². The van der Waals surface area contributed by atoms with Crippen molar-refractivity contribution in [1.82, 2.24) is 0 Å². The van der Waals surface area contributed by atoms with Gasteiger partial charge in [0.05, 0.1) is 34.4 Å². The second-order valence-electron chi connectivity index (χ2n) is 17.8. The van der Waals surface area contributed by atoms with Crippen LogP contribution in [0, 0.1) is 0 Å². The number of aliphatic carboxylic acids is 1. The molecule has 0 aromatic carbocycles. The Morgan fingerprint density at radius 2 is 0.968 bits per heavy atom. The molecule has 0 bridgehead atoms. The molecule has 0 spiro atoms. The van der Waals surface area contributed by atoms with Crippen LogP contribution in [-0.2, 0) is 28.6 Å². The number of likely N-dealkylation sites (N-methyl/N-ethyl adjacent to an activating group) is 1. The van der Waals surface area contributed by atoms with E-state index in [4.69, 9.17) is 14.2 Å². The minimum atomic E-state index is -0.883. The van der Waals surface area contributed by atoms with Gasteiger partial charge in [0.1, 0.15) is 6.61 Å². The maximum Gasteiger partial charge on any atom is 0.362 e. The zero-order valence-corrected chi connectivity index (χ0v) is 40.6. The molecule has 0 radical (unpaired) electrons. The normalized spacial score (nSPS) is 13.5. The fourth-order valence-corrected chi connectivity index (χ4v) is 7.07. The molecule has 8 heteroatoms. The molecule has 0 aliphatic heterocycles. The van der Waals surface area contributed by atoms with Crippen LogP contribution >= 0.6 is 0 Å². The zero-order chi connectivity index (χ0) is 45.6. The summed E-state index contributed by atoms with van der Waals surface area (Å²) < 4.78 is 17.3. The van der Waals surface area contributed by atoms with Gasteiger partial charge in [0.2, 0.25) is 0 Å². The number of esters is 2. The van der Waals surface area contributed by atoms with Gasteiger partial charge in [-0.15, -0.1) is 0 Å². The number of carbonyl (C=O) groups excluding carboxylic acids is 2. The lowest BCUT2D eigenvalue weighted by Gasteiger charge is -2.31. The third-order valence-electron chi connectivity index (χ3n) is 10.9. The smallest absolute Gasteiger partial charge is 0.362 e. The summed E-state index contributed by atoms with van der Waals surface area (Å²) in [7, 11) is 5.51. The minimum absolute atomic E-state index is 0.0453. The van der Waals surface area contributed by atoms with Crippen molar-refractivity contribution < 1.29 is 38.2 Å². The molecule has 0 amide bonds. The number of hydrogen-bond donors (Lipinski definition) is 1. The Morgan fingerprint density at radius 1 is 0.516 bits per heavy atom. The number of unbranched alkanes of at least 4 members (excludes halogenated alkanes) is 21. The van der Waals surface area contributed by atoms with Gasteiger partial charge in [0.15, 0.2) is 12.1 Å². The number of ether oxygens (including phenoxy) is 3. The summed E-state index contributed by atoms with van der Waals surface area (Å²) in [5, 5.41) is 9.64. The van der Waals surface area contributed by atoms with Crippen molar-refractivity contribution in [3.05, 3.63) is 72.9 Å². The van der Waals surface area contributed by atoms with Crippen LogP contribution in [0.25, 0.3) is 0 Å². The van der Waals surface area contributed by atoms with Crippen LogP contribution in [0.2, 0.25) is 0 Å². The molecule has 2 unspecified atom stereocenters. The van der Waals surface area contributed by atoms with Gasteiger partial charge >= 0.3 is 17.9 Å². The number of carbonyl (C=O) groups is 3. The summed E-state index contributed by atoms with van der Waals surface area (Å²) in [4.78, 5) is 37.1. The predicted octanol–water partition coefficient (Wildman–Crippen LogP) is 14.3. The Balaban J connectivity index is 4.28. The van der Waals surface area contributed by atoms with Crippen molar-refractivity contribution in [3.8, 4) is 0 Å². The SMILES string of the molecule is CC/C=C/C=C/C=C/C=C/CCCCCCCC(=O)OC(COCCC(C(=O)O)[N+](C)(C)C)COC(=O)CCCCCCCCC/C=C/C/C=C/CCCCCCCCCCC. The van der Waals surface area contributed by atoms with Crippen molar-refractivity contribution >= 4 is 17.9 Å². The van der Waals surface area contributed by atoms with E-state index in [1.807, 2.05) is 45.4 Å². The Labute approximate surface area is 381 Å². The topological polar surface area (TPSA) is 99.1 Å². The van der Waals surface area contributed by atoms with E-state index in [0.717, 1.165) is 77.0 Å². The average molecular weight is 869 g/mol. The highest BCUT2D eigenvalue weighted by atomic mass is 16.6. The number of quaternary nitrogens is 1. The van der Waals surface area contributed by atoms with Gasteiger partial charge in [-0.25, -0.2) is 4.79 Å². The standard InChI is InChI=1S/C54H93NO7/c1-6-8-10-12-14-16-18-20-22-23-24-25-26-27-28-29-31-32-34-36-38-40-42-44-52(56)61-49-50(48-60-47-46-51(54(58)59)55(3,4)5)62-53(57)45-43-41-39-37-35-33-30-21-19-17-15-13-11-9-7-2/h9,11,13,15,17,19,21,24-25,27-28,30,50-51H,6-8,10,12,14,16,18,20,22-23,26,29,31-49H2,1-5H3/p+1/b11-9+,15-13+,19-17+,25-24+,28-27+,30-21+. The van der Waals surface area contributed by atoms with Gasteiger partial charge in [-0.3, -0.25) is 9.59 Å². The Bertz CT molecular complexity index is 1240. The number of carboxylic acid groups (broad SMARTS) is 1. The van der Waals surface area contributed by atoms with E-state index in [1.165, 1.54) is 89.9 Å². The first-order valence-electron chi connectivity index (χ1n) is 25.0. The predicted molar refractivity (Wildman–Crippen MR) is 261 cm³/mol. The number of carboxylic acids is 1. The van der Waals surface area contributed by atoms with Crippen LogP contribution in [0.5, 0.6) is 0 Å². The van der Waals surface area contributed by atoms with Crippen LogP contribution in [0.3, 0.4) is 0 Å². The van der Waals surface area contributed by atoms with Gasteiger partial charge in [-0.1, -0.05) is 189 Å². The molecule has 0 aromatic rings. The van der Waals surface area contributed by atoms with Crippen LogP contribution in [0.15, 0.2) is 72.9 Å². The highest BCUT2D eigenvalue weighted by Crippen LogP contribution is 2.14. The summed E-state index contributed by atoms with van der Waals surface area (Å²) in [6.45, 7) is 4.57. The van der Waals surface area contributed by atoms with Crippen molar-refractivity contribution in [3.63, 3.8) is 0 Å². The van der Waals surface area contributed by atoms with Gasteiger partial charge < -0.3 is 23.8 Å². The molecule has 0 saturated heterocycles. The van der Waals surface area contributed by atoms with E-state index >= 15 is 0 Å². The van der Waals surface area contributed by atoms with Gasteiger partial charge in [-0.05, 0) is 64.2 Å². The summed E-state index contributed by atoms with van der Waals surface area (Å²) >= 11 is 0.